The second kappa shape index (κ2) is 9.61. The highest BCUT2D eigenvalue weighted by Gasteiger charge is 2.52. The summed E-state index contributed by atoms with van der Waals surface area (Å²) in [6.07, 6.45) is -1.28. The molecule has 4 atom stereocenters. The zero-order chi connectivity index (χ0) is 20.8. The average molecular weight is 345 g/mol. The highest BCUT2D eigenvalue weighted by molar-refractivity contribution is 5.95. The van der Waals surface area contributed by atoms with Crippen molar-refractivity contribution >= 4 is 17.8 Å². The summed E-state index contributed by atoms with van der Waals surface area (Å²) in [5.41, 5.74) is 0. The zero-order valence-corrected chi connectivity index (χ0v) is 14.8. The quantitative estimate of drug-likeness (QED) is 0.455. The standard InChI is InChI=1S/C17H30N2O5/c1-6-23-17(22)14-13(24-14)16(21)19-12(9-11(4)5)15(20)18-8-7-10(2)3/h10-14H,6-9H2,1-5H3,(H,18,20)(H,19,21)/i4D3. The molecule has 7 heteroatoms. The smallest absolute Gasteiger partial charge is 0.338 e. The molecule has 1 saturated heterocycles. The van der Waals surface area contributed by atoms with Crippen LogP contribution in [0.4, 0.5) is 0 Å². The fourth-order valence-electron chi connectivity index (χ4n) is 2.16. The Kier molecular flexibility index (Phi) is 6.36. The van der Waals surface area contributed by atoms with E-state index >= 15 is 0 Å². The Morgan fingerprint density at radius 1 is 1.21 bits per heavy atom. The molecule has 24 heavy (non-hydrogen) atoms. The maximum atomic E-state index is 12.4. The molecule has 0 aromatic heterocycles. The van der Waals surface area contributed by atoms with Gasteiger partial charge in [0.25, 0.3) is 5.91 Å². The number of carbonyl (C=O) groups is 3. The Bertz CT molecular complexity index is 539. The second-order valence-electron chi connectivity index (χ2n) is 6.40. The van der Waals surface area contributed by atoms with Crippen molar-refractivity contribution in [2.45, 2.75) is 65.6 Å². The van der Waals surface area contributed by atoms with Gasteiger partial charge in [0.15, 0.2) is 12.2 Å². The van der Waals surface area contributed by atoms with Gasteiger partial charge in [0.2, 0.25) is 5.91 Å². The summed E-state index contributed by atoms with van der Waals surface area (Å²) in [4.78, 5) is 36.3. The number of amides is 2. The van der Waals surface area contributed by atoms with Gasteiger partial charge < -0.3 is 20.1 Å². The maximum Gasteiger partial charge on any atom is 0.338 e. The molecule has 1 fully saturated rings. The molecule has 0 spiro atoms. The molecule has 1 heterocycles. The van der Waals surface area contributed by atoms with Gasteiger partial charge >= 0.3 is 5.97 Å². The highest BCUT2D eigenvalue weighted by atomic mass is 16.6. The molecular formula is C17H30N2O5. The van der Waals surface area contributed by atoms with Gasteiger partial charge in [0, 0.05) is 10.7 Å². The summed E-state index contributed by atoms with van der Waals surface area (Å²) in [5, 5.41) is 5.23. The fraction of sp³-hybridized carbons (Fsp3) is 0.824. The molecule has 2 N–H and O–H groups in total. The van der Waals surface area contributed by atoms with Crippen molar-refractivity contribution in [2.24, 2.45) is 11.8 Å². The van der Waals surface area contributed by atoms with E-state index in [1.54, 1.807) is 6.92 Å². The summed E-state index contributed by atoms with van der Waals surface area (Å²) in [6, 6.07) is -1.02. The predicted octanol–water partition coefficient (Wildman–Crippen LogP) is 1.01. The van der Waals surface area contributed by atoms with Crippen LogP contribution >= 0.6 is 0 Å². The third-order valence-corrected chi connectivity index (χ3v) is 3.51. The van der Waals surface area contributed by atoms with Crippen LogP contribution in [0.3, 0.4) is 0 Å². The molecule has 0 radical (unpaired) electrons. The van der Waals surface area contributed by atoms with Gasteiger partial charge in [-0.05, 0) is 31.6 Å². The van der Waals surface area contributed by atoms with Gasteiger partial charge in [0.1, 0.15) is 6.04 Å². The molecule has 138 valence electrons. The summed E-state index contributed by atoms with van der Waals surface area (Å²) in [7, 11) is 0. The Morgan fingerprint density at radius 3 is 2.50 bits per heavy atom. The Morgan fingerprint density at radius 2 is 1.92 bits per heavy atom. The minimum absolute atomic E-state index is 0.0491. The van der Waals surface area contributed by atoms with E-state index in [1.807, 2.05) is 13.8 Å². The topological polar surface area (TPSA) is 97.0 Å². The molecule has 0 saturated carbocycles. The average Bonchev–Trinajstić information content (AvgIpc) is 3.33. The first-order valence-corrected chi connectivity index (χ1v) is 8.37. The molecule has 4 unspecified atom stereocenters. The normalized spacial score (nSPS) is 24.1. The molecule has 0 bridgehead atoms. The third kappa shape index (κ3) is 6.86. The van der Waals surface area contributed by atoms with Crippen molar-refractivity contribution in [1.29, 1.82) is 0 Å². The molecule has 7 nitrogen and oxygen atoms in total. The molecule has 1 aliphatic rings. The summed E-state index contributed by atoms with van der Waals surface area (Å²) >= 11 is 0. The number of esters is 1. The number of hydrogen-bond acceptors (Lipinski definition) is 5. The van der Waals surface area contributed by atoms with Crippen LogP contribution in [-0.2, 0) is 23.9 Å². The van der Waals surface area contributed by atoms with Gasteiger partial charge in [0.05, 0.1) is 6.61 Å². The van der Waals surface area contributed by atoms with Crippen molar-refractivity contribution < 1.29 is 28.0 Å². The molecule has 0 aliphatic carbocycles. The number of rotatable bonds is 10. The second-order valence-corrected chi connectivity index (χ2v) is 6.40. The van der Waals surface area contributed by atoms with Crippen LogP contribution in [-0.4, -0.2) is 49.2 Å². The van der Waals surface area contributed by atoms with E-state index in [-0.39, 0.29) is 13.0 Å². The number of ether oxygens (including phenoxy) is 2. The van der Waals surface area contributed by atoms with Gasteiger partial charge in [-0.15, -0.1) is 0 Å². The lowest BCUT2D eigenvalue weighted by atomic mass is 10.0. The van der Waals surface area contributed by atoms with E-state index in [2.05, 4.69) is 10.6 Å². The van der Waals surface area contributed by atoms with Crippen molar-refractivity contribution in [3.63, 3.8) is 0 Å². The van der Waals surface area contributed by atoms with E-state index < -0.39 is 48.8 Å². The molecule has 1 aliphatic heterocycles. The lowest BCUT2D eigenvalue weighted by Crippen LogP contribution is -2.49. The summed E-state index contributed by atoms with van der Waals surface area (Å²) in [6.45, 7) is 5.53. The number of hydrogen-bond donors (Lipinski definition) is 2. The minimum Gasteiger partial charge on any atom is -0.464 e. The van der Waals surface area contributed by atoms with Gasteiger partial charge in [-0.25, -0.2) is 4.79 Å². The predicted molar refractivity (Wildman–Crippen MR) is 89.1 cm³/mol. The van der Waals surface area contributed by atoms with Crippen molar-refractivity contribution in [3.05, 3.63) is 0 Å². The van der Waals surface area contributed by atoms with Crippen LogP contribution in [0.15, 0.2) is 0 Å². The van der Waals surface area contributed by atoms with Crippen LogP contribution in [0.25, 0.3) is 0 Å². The Labute approximate surface area is 148 Å². The zero-order valence-electron chi connectivity index (χ0n) is 17.8. The molecule has 0 aromatic carbocycles. The Balaban J connectivity index is 2.69. The first-order chi connectivity index (χ1) is 12.5. The van der Waals surface area contributed by atoms with Crippen molar-refractivity contribution in [3.8, 4) is 0 Å². The first-order valence-electron chi connectivity index (χ1n) is 9.87. The monoisotopic (exact) mass is 345 g/mol. The number of epoxide rings is 1. The van der Waals surface area contributed by atoms with Crippen LogP contribution < -0.4 is 10.6 Å². The first kappa shape index (κ1) is 15.9. The fourth-order valence-corrected chi connectivity index (χ4v) is 2.16. The van der Waals surface area contributed by atoms with Gasteiger partial charge in [-0.1, -0.05) is 27.6 Å². The lowest BCUT2D eigenvalue weighted by molar-refractivity contribution is -0.144. The van der Waals surface area contributed by atoms with E-state index in [0.29, 0.717) is 12.5 Å². The van der Waals surface area contributed by atoms with E-state index in [0.717, 1.165) is 6.42 Å². The molecule has 1 rings (SSSR count). The van der Waals surface area contributed by atoms with Crippen molar-refractivity contribution in [1.82, 2.24) is 10.6 Å². The SMILES string of the molecule is [2H]C([2H])([2H])C(C)CC(NC(=O)C1OC1C(=O)OCC)C(=O)NCCC(C)C. The van der Waals surface area contributed by atoms with Crippen molar-refractivity contribution in [2.75, 3.05) is 13.2 Å². The molecule has 2 amide bonds. The van der Waals surface area contributed by atoms with Crippen LogP contribution in [0.5, 0.6) is 0 Å². The summed E-state index contributed by atoms with van der Waals surface area (Å²) < 4.78 is 32.3. The minimum atomic E-state index is -2.25. The third-order valence-electron chi connectivity index (χ3n) is 3.51. The van der Waals surface area contributed by atoms with Crippen LogP contribution in [0, 0.1) is 11.8 Å². The largest absolute Gasteiger partial charge is 0.464 e. The molecule has 0 aromatic rings. The van der Waals surface area contributed by atoms with Crippen LogP contribution in [0.1, 0.15) is 51.5 Å². The van der Waals surface area contributed by atoms with Gasteiger partial charge in [-0.2, -0.15) is 0 Å². The van der Waals surface area contributed by atoms with E-state index in [4.69, 9.17) is 13.6 Å². The Hall–Kier alpha value is -1.63. The van der Waals surface area contributed by atoms with Crippen LogP contribution in [0.2, 0.25) is 0 Å². The van der Waals surface area contributed by atoms with E-state index in [1.165, 1.54) is 6.92 Å². The number of carbonyl (C=O) groups excluding carboxylic acids is 3. The molecular weight excluding hydrogens is 312 g/mol. The highest BCUT2D eigenvalue weighted by Crippen LogP contribution is 2.24. The number of nitrogens with one attached hydrogen (secondary N) is 2. The van der Waals surface area contributed by atoms with E-state index in [9.17, 15) is 14.4 Å². The van der Waals surface area contributed by atoms with Gasteiger partial charge in [-0.3, -0.25) is 9.59 Å². The summed E-state index contributed by atoms with van der Waals surface area (Å²) in [5.74, 6) is -2.11. The maximum absolute atomic E-state index is 12.4. The lowest BCUT2D eigenvalue weighted by Gasteiger charge is -2.20.